The zero-order chi connectivity index (χ0) is 58.9. The van der Waals surface area contributed by atoms with E-state index in [-0.39, 0.29) is 90.8 Å². The minimum Gasteiger partial charge on any atom is -0.399 e. The van der Waals surface area contributed by atoms with E-state index >= 15 is 0 Å². The number of hydrogen-bond acceptors (Lipinski definition) is 10. The van der Waals surface area contributed by atoms with Crippen LogP contribution in [0.2, 0.25) is 0 Å². The molecule has 19 nitrogen and oxygen atoms in total. The Morgan fingerprint density at radius 1 is 0.580 bits per heavy atom. The molecule has 0 aromatic heterocycles. The predicted octanol–water partition coefficient (Wildman–Crippen LogP) is 5.18. The standard InChI is InChI=1S/C56H65F6N13O6/c1-67(2)23-25-69-31-43-47(51(69)78)49(35-13-17-39(63)18-14-35)71(53(80)73(43)41-11-7-9-37(29-41)55(57,58)59)33-45(76)65-21-27-75(5,6)28-22-66-46(77)34-72-50(36-15-19-40(64)20-16-36)48-44(32-70(52(48)79)26-24-68(3)4)74(54(72)81)42-12-8-10-38(30-42)56(60,61)62/h7-20,29-30,49-50H,21-28,31-34,63-64H2,1-6H3,(H-,65,66,76,77)/p+1/t49-,50-/m1/s1. The second kappa shape index (κ2) is 23.5. The fraction of sp³-hybridized carbons (Fsp3) is 0.393. The molecule has 0 bridgehead atoms. The molecule has 0 saturated carbocycles. The van der Waals surface area contributed by atoms with Crippen LogP contribution in [0.1, 0.15) is 34.3 Å². The smallest absolute Gasteiger partial charge is 0.399 e. The molecule has 8 rings (SSSR count). The fourth-order valence-electron chi connectivity index (χ4n) is 10.3. The van der Waals surface area contributed by atoms with E-state index in [9.17, 15) is 55.1 Å². The summed E-state index contributed by atoms with van der Waals surface area (Å²) in [4.78, 5) is 97.9. The van der Waals surface area contributed by atoms with Gasteiger partial charge in [0.2, 0.25) is 11.8 Å². The van der Waals surface area contributed by atoms with E-state index < -0.39 is 84.3 Å². The Bertz CT molecular complexity index is 2920. The maximum atomic E-state index is 14.9. The van der Waals surface area contributed by atoms with E-state index in [1.165, 1.54) is 34.1 Å². The molecular formula is C56H66F6N13O6+. The molecule has 25 heteroatoms. The van der Waals surface area contributed by atoms with Gasteiger partial charge in [0, 0.05) is 37.6 Å². The number of carbonyl (C=O) groups excluding carboxylic acids is 6. The number of nitrogens with two attached hydrogens (primary N) is 2. The maximum Gasteiger partial charge on any atom is 0.416 e. The molecule has 0 fully saturated rings. The van der Waals surface area contributed by atoms with Crippen LogP contribution in [0.5, 0.6) is 0 Å². The lowest BCUT2D eigenvalue weighted by molar-refractivity contribution is -0.887. The summed E-state index contributed by atoms with van der Waals surface area (Å²) in [6.45, 7) is 0.645. The van der Waals surface area contributed by atoms with Crippen molar-refractivity contribution >= 4 is 58.4 Å². The number of alkyl halides is 6. The number of amides is 8. The van der Waals surface area contributed by atoms with Crippen molar-refractivity contribution in [3.8, 4) is 0 Å². The highest BCUT2D eigenvalue weighted by Crippen LogP contribution is 2.46. The van der Waals surface area contributed by atoms with Crippen LogP contribution in [0.15, 0.2) is 120 Å². The van der Waals surface area contributed by atoms with Crippen LogP contribution >= 0.6 is 0 Å². The molecule has 4 aromatic rings. The SMILES string of the molecule is CN(C)CCN1CC2=C(C1=O)[C@@H](c1ccc(N)cc1)N(CC(=O)NCC[N+](C)(C)CCNC(=O)CN1C(=O)N(c3cccc(C(F)(F)F)c3)C3=C(C(=O)N(CCN(C)C)C3)[C@H]1c1ccc(N)cc1)C(=O)N2c1cccc(C(F)(F)F)c1. The van der Waals surface area contributed by atoms with Gasteiger partial charge in [-0.25, -0.2) is 9.59 Å². The van der Waals surface area contributed by atoms with E-state index in [4.69, 9.17) is 11.5 Å². The Balaban J connectivity index is 0.975. The number of benzene rings is 4. The normalized spacial score (nSPS) is 18.0. The highest BCUT2D eigenvalue weighted by atomic mass is 19.4. The zero-order valence-electron chi connectivity index (χ0n) is 45.8. The monoisotopic (exact) mass is 1130 g/mol. The van der Waals surface area contributed by atoms with E-state index in [1.54, 1.807) is 48.5 Å². The van der Waals surface area contributed by atoms with Gasteiger partial charge in [0.1, 0.15) is 13.1 Å². The third-order valence-electron chi connectivity index (χ3n) is 14.6. The molecule has 0 unspecified atom stereocenters. The molecule has 0 radical (unpaired) electrons. The van der Waals surface area contributed by atoms with Crippen LogP contribution < -0.4 is 31.9 Å². The van der Waals surface area contributed by atoms with Crippen LogP contribution in [0, 0.1) is 0 Å². The van der Waals surface area contributed by atoms with E-state index in [1.807, 2.05) is 52.1 Å². The minimum absolute atomic E-state index is 0.0465. The van der Waals surface area contributed by atoms with Gasteiger partial charge in [0.05, 0.1) is 110 Å². The summed E-state index contributed by atoms with van der Waals surface area (Å²) in [5.74, 6) is -2.18. The number of rotatable bonds is 20. The molecule has 4 aliphatic heterocycles. The molecule has 81 heavy (non-hydrogen) atoms. The van der Waals surface area contributed by atoms with Crippen LogP contribution in [-0.2, 0) is 31.5 Å². The van der Waals surface area contributed by atoms with Crippen LogP contribution in [0.3, 0.4) is 0 Å². The number of carbonyl (C=O) groups is 6. The van der Waals surface area contributed by atoms with Crippen LogP contribution in [-0.4, -0.2) is 190 Å². The van der Waals surface area contributed by atoms with Gasteiger partial charge in [-0.05, 0) is 100.0 Å². The Hall–Kier alpha value is -8.16. The first-order valence-electron chi connectivity index (χ1n) is 26.1. The first-order valence-corrected chi connectivity index (χ1v) is 26.1. The number of anilines is 4. The van der Waals surface area contributed by atoms with Crippen molar-refractivity contribution in [2.45, 2.75) is 24.4 Å². The number of nitrogens with zero attached hydrogens (tertiary/aromatic N) is 9. The molecule has 0 aliphatic carbocycles. The van der Waals surface area contributed by atoms with Gasteiger partial charge in [-0.3, -0.25) is 29.0 Å². The molecule has 432 valence electrons. The average molecular weight is 1130 g/mol. The van der Waals surface area contributed by atoms with Gasteiger partial charge in [-0.15, -0.1) is 0 Å². The number of nitrogens with one attached hydrogen (secondary N) is 2. The molecule has 4 aliphatic rings. The van der Waals surface area contributed by atoms with Gasteiger partial charge in [0.25, 0.3) is 11.8 Å². The average Bonchev–Trinajstić information content (AvgIpc) is 4.18. The molecule has 6 N–H and O–H groups in total. The molecule has 0 saturated heterocycles. The predicted molar refractivity (Wildman–Crippen MR) is 291 cm³/mol. The van der Waals surface area contributed by atoms with Gasteiger partial charge in [-0.1, -0.05) is 36.4 Å². The summed E-state index contributed by atoms with van der Waals surface area (Å²) in [7, 11) is 10.9. The van der Waals surface area contributed by atoms with Crippen LogP contribution in [0.4, 0.5) is 58.7 Å². The summed E-state index contributed by atoms with van der Waals surface area (Å²) in [5.41, 5.74) is 12.0. The summed E-state index contributed by atoms with van der Waals surface area (Å²) in [5, 5.41) is 5.67. The third-order valence-corrected chi connectivity index (χ3v) is 14.6. The summed E-state index contributed by atoms with van der Waals surface area (Å²) in [6.07, 6.45) is -9.51. The van der Waals surface area contributed by atoms with Crippen molar-refractivity contribution in [1.29, 1.82) is 0 Å². The minimum atomic E-state index is -4.76. The largest absolute Gasteiger partial charge is 0.416 e. The molecule has 4 aromatic carbocycles. The van der Waals surface area contributed by atoms with Gasteiger partial charge >= 0.3 is 24.4 Å². The quantitative estimate of drug-likeness (QED) is 0.0519. The molecule has 0 spiro atoms. The molecule has 2 atom stereocenters. The number of nitrogen functional groups attached to an aromatic ring is 2. The van der Waals surface area contributed by atoms with Crippen LogP contribution in [0.25, 0.3) is 0 Å². The lowest BCUT2D eigenvalue weighted by Gasteiger charge is -2.41. The van der Waals surface area contributed by atoms with Gasteiger partial charge < -0.3 is 56.0 Å². The highest BCUT2D eigenvalue weighted by Gasteiger charge is 2.51. The zero-order valence-corrected chi connectivity index (χ0v) is 45.8. The van der Waals surface area contributed by atoms with E-state index in [0.29, 0.717) is 35.6 Å². The first-order chi connectivity index (χ1) is 38.1. The van der Waals surface area contributed by atoms with Gasteiger partial charge in [-0.2, -0.15) is 26.3 Å². The Kier molecular flexibility index (Phi) is 17.1. The van der Waals surface area contributed by atoms with Crippen molar-refractivity contribution in [2.24, 2.45) is 0 Å². The summed E-state index contributed by atoms with van der Waals surface area (Å²) < 4.78 is 84.8. The molecule has 8 amide bonds. The van der Waals surface area contributed by atoms with Gasteiger partial charge in [0.15, 0.2) is 0 Å². The van der Waals surface area contributed by atoms with E-state index in [2.05, 4.69) is 10.6 Å². The number of hydrogen-bond donors (Lipinski definition) is 4. The number of quaternary nitrogens is 1. The molecular weight excluding hydrogens is 1060 g/mol. The van der Waals surface area contributed by atoms with Crippen molar-refractivity contribution in [3.63, 3.8) is 0 Å². The second-order valence-electron chi connectivity index (χ2n) is 21.6. The highest BCUT2D eigenvalue weighted by molar-refractivity contribution is 6.09. The van der Waals surface area contributed by atoms with Crippen molar-refractivity contribution in [1.82, 2.24) is 40.0 Å². The van der Waals surface area contributed by atoms with Crippen molar-refractivity contribution < 1.29 is 59.6 Å². The Morgan fingerprint density at radius 3 is 1.27 bits per heavy atom. The first kappa shape index (κ1) is 59.0. The third kappa shape index (κ3) is 13.1. The number of urea groups is 2. The topological polar surface area (TPSA) is 204 Å². The lowest BCUT2D eigenvalue weighted by Crippen LogP contribution is -2.55. The second-order valence-corrected chi connectivity index (χ2v) is 21.6. The van der Waals surface area contributed by atoms with Crippen molar-refractivity contribution in [2.75, 3.05) is 142 Å². The van der Waals surface area contributed by atoms with Crippen molar-refractivity contribution in [3.05, 3.63) is 142 Å². The number of likely N-dealkylation sites (N-methyl/N-ethyl adjacent to an activating group) is 3. The Morgan fingerprint density at radius 2 is 0.938 bits per heavy atom. The lowest BCUT2D eigenvalue weighted by atomic mass is 9.93. The summed E-state index contributed by atoms with van der Waals surface area (Å²) >= 11 is 0. The Labute approximate surface area is 465 Å². The fourth-order valence-corrected chi connectivity index (χ4v) is 10.3. The summed E-state index contributed by atoms with van der Waals surface area (Å²) in [6, 6.07) is 17.3. The van der Waals surface area contributed by atoms with E-state index in [0.717, 1.165) is 43.9 Å². The number of halogens is 6. The molecule has 4 heterocycles. The maximum absolute atomic E-state index is 14.9.